The Morgan fingerprint density at radius 3 is 2.21 bits per heavy atom. The first kappa shape index (κ1) is 19.6. The Hall–Kier alpha value is -3.18. The summed E-state index contributed by atoms with van der Waals surface area (Å²) in [4.78, 5) is 24.6. The number of halogens is 2. The van der Waals surface area contributed by atoms with Crippen LogP contribution in [-0.4, -0.2) is 11.8 Å². The summed E-state index contributed by atoms with van der Waals surface area (Å²) >= 11 is 6.06. The summed E-state index contributed by atoms with van der Waals surface area (Å²) in [5.74, 6) is -1.02. The van der Waals surface area contributed by atoms with E-state index < -0.39 is 0 Å². The van der Waals surface area contributed by atoms with Crippen LogP contribution in [0.2, 0.25) is 5.02 Å². The van der Waals surface area contributed by atoms with Crippen LogP contribution in [0.25, 0.3) is 0 Å². The molecule has 0 atom stereocenters. The van der Waals surface area contributed by atoms with Crippen LogP contribution in [0.5, 0.6) is 0 Å². The summed E-state index contributed by atoms with van der Waals surface area (Å²) < 4.78 is 13.6. The monoisotopic (exact) mass is 396 g/mol. The number of hydrogen-bond donors (Lipinski definition) is 2. The molecule has 0 bridgehead atoms. The number of aryl methyl sites for hydroxylation is 1. The summed E-state index contributed by atoms with van der Waals surface area (Å²) in [6.07, 6.45) is 0. The van der Waals surface area contributed by atoms with Crippen molar-refractivity contribution in [3.8, 4) is 0 Å². The molecule has 28 heavy (non-hydrogen) atoms. The second-order valence-corrected chi connectivity index (χ2v) is 6.68. The molecule has 3 aromatic rings. The molecule has 0 radical (unpaired) electrons. The van der Waals surface area contributed by atoms with Crippen molar-refractivity contribution in [2.45, 2.75) is 13.5 Å². The van der Waals surface area contributed by atoms with Gasteiger partial charge in [-0.25, -0.2) is 4.39 Å². The van der Waals surface area contributed by atoms with Crippen LogP contribution in [0, 0.1) is 12.7 Å². The highest BCUT2D eigenvalue weighted by Crippen LogP contribution is 2.20. The molecule has 0 heterocycles. The Kier molecular flexibility index (Phi) is 6.06. The smallest absolute Gasteiger partial charge is 0.255 e. The predicted molar refractivity (Wildman–Crippen MR) is 108 cm³/mol. The molecular weight excluding hydrogens is 379 g/mol. The second kappa shape index (κ2) is 8.67. The molecule has 3 rings (SSSR count). The van der Waals surface area contributed by atoms with Gasteiger partial charge >= 0.3 is 0 Å². The zero-order valence-electron chi connectivity index (χ0n) is 15.1. The van der Waals surface area contributed by atoms with Gasteiger partial charge in [0.2, 0.25) is 0 Å². The van der Waals surface area contributed by atoms with Gasteiger partial charge < -0.3 is 10.6 Å². The van der Waals surface area contributed by atoms with E-state index in [2.05, 4.69) is 10.6 Å². The number of carbonyl (C=O) groups is 2. The predicted octanol–water partition coefficient (Wildman–Crippen LogP) is 4.97. The highest BCUT2D eigenvalue weighted by molar-refractivity contribution is 6.31. The molecule has 6 heteroatoms. The second-order valence-electron chi connectivity index (χ2n) is 6.27. The third-order valence-corrected chi connectivity index (χ3v) is 4.64. The Bertz CT molecular complexity index is 1020. The van der Waals surface area contributed by atoms with Crippen molar-refractivity contribution in [1.82, 2.24) is 5.32 Å². The molecule has 0 spiro atoms. The molecule has 0 aliphatic heterocycles. The van der Waals surface area contributed by atoms with Crippen molar-refractivity contribution in [2.75, 3.05) is 5.32 Å². The van der Waals surface area contributed by atoms with Gasteiger partial charge in [0.05, 0.1) is 0 Å². The molecule has 2 amide bonds. The highest BCUT2D eigenvalue weighted by Gasteiger charge is 2.10. The molecule has 0 saturated carbocycles. The van der Waals surface area contributed by atoms with Gasteiger partial charge in [-0.1, -0.05) is 35.9 Å². The van der Waals surface area contributed by atoms with E-state index in [9.17, 15) is 14.0 Å². The number of benzene rings is 3. The van der Waals surface area contributed by atoms with E-state index >= 15 is 0 Å². The topological polar surface area (TPSA) is 58.2 Å². The lowest BCUT2D eigenvalue weighted by Crippen LogP contribution is -2.23. The number of rotatable bonds is 5. The highest BCUT2D eigenvalue weighted by atomic mass is 35.5. The van der Waals surface area contributed by atoms with Crippen LogP contribution in [0.15, 0.2) is 66.7 Å². The molecule has 0 fully saturated rings. The van der Waals surface area contributed by atoms with Crippen LogP contribution >= 0.6 is 11.6 Å². The zero-order valence-corrected chi connectivity index (χ0v) is 15.9. The maximum absolute atomic E-state index is 13.6. The van der Waals surface area contributed by atoms with Crippen molar-refractivity contribution in [3.63, 3.8) is 0 Å². The quantitative estimate of drug-likeness (QED) is 0.639. The molecule has 0 aliphatic rings. The number of carbonyl (C=O) groups excluding carboxylic acids is 2. The average molecular weight is 397 g/mol. The standard InChI is InChI=1S/C22H18ClFN2O2/c1-14-6-11-18(12-19(14)23)26-22(28)16-9-7-15(8-10-16)21(27)25-13-17-4-2-3-5-20(17)24/h2-12H,13H2,1H3,(H,25,27)(H,26,28). The maximum Gasteiger partial charge on any atom is 0.255 e. The third kappa shape index (κ3) is 4.75. The lowest BCUT2D eigenvalue weighted by atomic mass is 10.1. The van der Waals surface area contributed by atoms with E-state index in [1.165, 1.54) is 6.07 Å². The minimum absolute atomic E-state index is 0.0852. The van der Waals surface area contributed by atoms with Gasteiger partial charge in [-0.3, -0.25) is 9.59 Å². The first-order valence-electron chi connectivity index (χ1n) is 8.63. The first-order chi connectivity index (χ1) is 13.4. The molecule has 3 aromatic carbocycles. The third-order valence-electron chi connectivity index (χ3n) is 4.24. The van der Waals surface area contributed by atoms with Gasteiger partial charge in [-0.15, -0.1) is 0 Å². The van der Waals surface area contributed by atoms with E-state index in [4.69, 9.17) is 11.6 Å². The molecule has 142 valence electrons. The van der Waals surface area contributed by atoms with Gasteiger partial charge in [-0.05, 0) is 55.0 Å². The van der Waals surface area contributed by atoms with E-state index in [1.54, 1.807) is 54.6 Å². The minimum Gasteiger partial charge on any atom is -0.348 e. The van der Waals surface area contributed by atoms with Gasteiger partial charge in [0.25, 0.3) is 11.8 Å². The molecule has 0 saturated heterocycles. The Balaban J connectivity index is 1.62. The first-order valence-corrected chi connectivity index (χ1v) is 9.01. The fourth-order valence-electron chi connectivity index (χ4n) is 2.57. The Morgan fingerprint density at radius 2 is 1.57 bits per heavy atom. The van der Waals surface area contributed by atoms with E-state index in [-0.39, 0.29) is 24.2 Å². The van der Waals surface area contributed by atoms with Gasteiger partial charge in [-0.2, -0.15) is 0 Å². The Morgan fingerprint density at radius 1 is 0.929 bits per heavy atom. The van der Waals surface area contributed by atoms with Crippen LogP contribution < -0.4 is 10.6 Å². The van der Waals surface area contributed by atoms with Crippen molar-refractivity contribution in [3.05, 3.63) is 99.8 Å². The fourth-order valence-corrected chi connectivity index (χ4v) is 2.75. The molecule has 0 unspecified atom stereocenters. The van der Waals surface area contributed by atoms with E-state index in [0.29, 0.717) is 27.4 Å². The van der Waals surface area contributed by atoms with E-state index in [0.717, 1.165) is 5.56 Å². The summed E-state index contributed by atoms with van der Waals surface area (Å²) in [7, 11) is 0. The SMILES string of the molecule is Cc1ccc(NC(=O)c2ccc(C(=O)NCc3ccccc3F)cc2)cc1Cl. The average Bonchev–Trinajstić information content (AvgIpc) is 2.70. The summed E-state index contributed by atoms with van der Waals surface area (Å²) in [6.45, 7) is 1.96. The van der Waals surface area contributed by atoms with Crippen molar-refractivity contribution >= 4 is 29.1 Å². The van der Waals surface area contributed by atoms with Crippen LogP contribution in [0.3, 0.4) is 0 Å². The van der Waals surface area contributed by atoms with Crippen LogP contribution in [0.4, 0.5) is 10.1 Å². The number of hydrogen-bond acceptors (Lipinski definition) is 2. The molecule has 0 aromatic heterocycles. The molecule has 0 aliphatic carbocycles. The lowest BCUT2D eigenvalue weighted by molar-refractivity contribution is 0.0948. The largest absolute Gasteiger partial charge is 0.348 e. The Labute approximate surface area is 167 Å². The summed E-state index contributed by atoms with van der Waals surface area (Å²) in [6, 6.07) is 17.7. The summed E-state index contributed by atoms with van der Waals surface area (Å²) in [5, 5.41) is 5.99. The van der Waals surface area contributed by atoms with E-state index in [1.807, 2.05) is 13.0 Å². The van der Waals surface area contributed by atoms with Gasteiger partial charge in [0.1, 0.15) is 5.82 Å². The van der Waals surface area contributed by atoms with Gasteiger partial charge in [0, 0.05) is 33.9 Å². The normalized spacial score (nSPS) is 10.4. The zero-order chi connectivity index (χ0) is 20.1. The number of amides is 2. The minimum atomic E-state index is -0.369. The lowest BCUT2D eigenvalue weighted by Gasteiger charge is -2.09. The van der Waals surface area contributed by atoms with Gasteiger partial charge in [0.15, 0.2) is 0 Å². The number of anilines is 1. The summed E-state index contributed by atoms with van der Waals surface area (Å²) in [5.41, 5.74) is 2.70. The fraction of sp³-hybridized carbons (Fsp3) is 0.0909. The van der Waals surface area contributed by atoms with Crippen molar-refractivity contribution in [1.29, 1.82) is 0 Å². The molecular formula is C22H18ClFN2O2. The van der Waals surface area contributed by atoms with Crippen molar-refractivity contribution in [2.24, 2.45) is 0 Å². The molecule has 2 N–H and O–H groups in total. The number of nitrogens with one attached hydrogen (secondary N) is 2. The van der Waals surface area contributed by atoms with Crippen LogP contribution in [0.1, 0.15) is 31.8 Å². The van der Waals surface area contributed by atoms with Crippen molar-refractivity contribution < 1.29 is 14.0 Å². The van der Waals surface area contributed by atoms with Crippen LogP contribution in [-0.2, 0) is 6.54 Å². The molecule has 4 nitrogen and oxygen atoms in total. The maximum atomic E-state index is 13.6.